The highest BCUT2D eigenvalue weighted by Crippen LogP contribution is 2.32. The summed E-state index contributed by atoms with van der Waals surface area (Å²) in [5.41, 5.74) is -0.454. The number of likely N-dealkylation sites (tertiary alicyclic amines) is 1. The highest BCUT2D eigenvalue weighted by molar-refractivity contribution is 7.92. The molecule has 336 valence electrons. The minimum atomic E-state index is -5.15. The summed E-state index contributed by atoms with van der Waals surface area (Å²) in [6.07, 6.45) is -4.61. The number of rotatable bonds is 20. The summed E-state index contributed by atoms with van der Waals surface area (Å²) in [5.74, 6) is -5.59. The van der Waals surface area contributed by atoms with Crippen LogP contribution in [0.5, 0.6) is 0 Å². The lowest BCUT2D eigenvalue weighted by atomic mass is 9.89. The third-order valence-electron chi connectivity index (χ3n) is 11.1. The first-order valence-corrected chi connectivity index (χ1v) is 21.7. The third kappa shape index (κ3) is 13.1. The van der Waals surface area contributed by atoms with E-state index >= 15 is 0 Å². The molecule has 1 saturated heterocycles. The zero-order valence-corrected chi connectivity index (χ0v) is 37.4. The second kappa shape index (κ2) is 21.6. The van der Waals surface area contributed by atoms with Crippen molar-refractivity contribution in [2.24, 2.45) is 23.7 Å². The number of benzene rings is 1. The molecule has 1 aromatic rings. The highest BCUT2D eigenvalue weighted by Gasteiger charge is 2.45. The fourth-order valence-corrected chi connectivity index (χ4v) is 8.95. The van der Waals surface area contributed by atoms with Crippen LogP contribution >= 0.6 is 0 Å². The molecule has 1 aliphatic heterocycles. The summed E-state index contributed by atoms with van der Waals surface area (Å²) in [5, 5.41) is 4.65. The Kier molecular flexibility index (Phi) is 18.8. The van der Waals surface area contributed by atoms with Crippen molar-refractivity contribution in [3.63, 3.8) is 0 Å². The second-order valence-corrected chi connectivity index (χ2v) is 18.2. The molecule has 0 aromatic heterocycles. The normalized spacial score (nSPS) is 18.5. The molecule has 0 bridgehead atoms. The van der Waals surface area contributed by atoms with Gasteiger partial charge in [0.1, 0.15) is 6.04 Å². The number of nitrogens with one attached hydrogen (secondary N) is 2. The Morgan fingerprint density at radius 1 is 0.915 bits per heavy atom. The Hall–Kier alpha value is -3.81. The molecule has 0 radical (unpaired) electrons. The zero-order valence-electron chi connectivity index (χ0n) is 36.6. The van der Waals surface area contributed by atoms with E-state index in [9.17, 15) is 45.6 Å². The average molecular weight is 863 g/mol. The quantitative estimate of drug-likeness (QED) is 0.194. The lowest BCUT2D eigenvalue weighted by Gasteiger charge is -2.41. The molecular weight excluding hydrogens is 798 g/mol. The molecular formula is C40H65F3N6O9S. The number of hydrogen-bond acceptors (Lipinski definition) is 10. The van der Waals surface area contributed by atoms with Gasteiger partial charge in [-0.25, -0.2) is 12.7 Å². The molecule has 1 heterocycles. The number of nitrogens with zero attached hydrogens (tertiary/aromatic N) is 4. The van der Waals surface area contributed by atoms with E-state index in [-0.39, 0.29) is 53.3 Å². The highest BCUT2D eigenvalue weighted by atomic mass is 32.2. The number of carbonyl (C=O) groups is 5. The Morgan fingerprint density at radius 2 is 1.49 bits per heavy atom. The van der Waals surface area contributed by atoms with E-state index < -0.39 is 70.3 Å². The summed E-state index contributed by atoms with van der Waals surface area (Å²) in [6.45, 7) is 13.3. The molecule has 0 saturated carbocycles. The van der Waals surface area contributed by atoms with E-state index in [1.807, 2.05) is 60.5 Å². The van der Waals surface area contributed by atoms with E-state index in [1.54, 1.807) is 22.2 Å². The monoisotopic (exact) mass is 862 g/mol. The maximum atomic E-state index is 14.3. The largest absolute Gasteiger partial charge is 0.471 e. The van der Waals surface area contributed by atoms with Crippen LogP contribution in [0.2, 0.25) is 0 Å². The molecule has 1 aliphatic rings. The topological polar surface area (TPSA) is 175 Å². The average Bonchev–Trinajstić information content (AvgIpc) is 3.62. The fraction of sp³-hybridized carbons (Fsp3) is 0.725. The van der Waals surface area contributed by atoms with Crippen LogP contribution in [0, 0.1) is 23.7 Å². The van der Waals surface area contributed by atoms with Gasteiger partial charge in [0, 0.05) is 33.5 Å². The first-order chi connectivity index (χ1) is 27.2. The molecule has 1 fully saturated rings. The van der Waals surface area contributed by atoms with Gasteiger partial charge in [-0.2, -0.15) is 13.2 Å². The van der Waals surface area contributed by atoms with Crippen molar-refractivity contribution in [3.05, 3.63) is 24.3 Å². The standard InChI is InChI=1S/C40H65F3N6O9S/c1-14-25(6)34(47(10)38(53)32(23(2)3)45-36(51)33(24(4)5)46(8)9)30(57-11)22-31(50)48-21-15-16-29(48)35(58-12)26(7)37(52)49(59(13,55)56)28-19-17-27(18-20-28)44-39(54)40(41,42)43/h17-20,23-26,29-30,32-35H,14-16,21-22H2,1-13H3,(H,44,54)(H,45,51)/t25-,26+,29-,30+,32-,33-,34-,35+/m0/s1. The molecule has 59 heavy (non-hydrogen) atoms. The Labute approximate surface area is 347 Å². The van der Waals surface area contributed by atoms with Crippen LogP contribution in [0.1, 0.15) is 74.1 Å². The van der Waals surface area contributed by atoms with Crippen LogP contribution in [0.4, 0.5) is 24.5 Å². The summed E-state index contributed by atoms with van der Waals surface area (Å²) in [7, 11) is 3.79. The van der Waals surface area contributed by atoms with E-state index in [4.69, 9.17) is 9.47 Å². The van der Waals surface area contributed by atoms with E-state index in [1.165, 1.54) is 21.1 Å². The molecule has 0 aliphatic carbocycles. The van der Waals surface area contributed by atoms with E-state index in [0.29, 0.717) is 30.1 Å². The zero-order chi connectivity index (χ0) is 45.3. The van der Waals surface area contributed by atoms with Gasteiger partial charge in [-0.1, -0.05) is 54.9 Å². The number of hydrogen-bond donors (Lipinski definition) is 2. The van der Waals surface area contributed by atoms with Crippen molar-refractivity contribution in [2.45, 2.75) is 117 Å². The predicted molar refractivity (Wildman–Crippen MR) is 219 cm³/mol. The second-order valence-electron chi connectivity index (χ2n) is 16.3. The van der Waals surface area contributed by atoms with Crippen molar-refractivity contribution >= 4 is 50.9 Å². The fourth-order valence-electron chi connectivity index (χ4n) is 7.95. The van der Waals surface area contributed by atoms with E-state index in [2.05, 4.69) is 5.32 Å². The molecule has 15 nitrogen and oxygen atoms in total. The van der Waals surface area contributed by atoms with Crippen molar-refractivity contribution < 1.29 is 55.0 Å². The van der Waals surface area contributed by atoms with Gasteiger partial charge in [0.05, 0.1) is 54.6 Å². The number of sulfonamides is 1. The molecule has 0 spiro atoms. The lowest BCUT2D eigenvalue weighted by Crippen LogP contribution is -2.59. The molecule has 0 unspecified atom stereocenters. The van der Waals surface area contributed by atoms with Gasteiger partial charge in [0.2, 0.25) is 33.7 Å². The first-order valence-electron chi connectivity index (χ1n) is 19.9. The minimum Gasteiger partial charge on any atom is -0.379 e. The van der Waals surface area contributed by atoms with Crippen molar-refractivity contribution in [1.29, 1.82) is 0 Å². The van der Waals surface area contributed by atoms with Crippen LogP contribution in [0.15, 0.2) is 24.3 Å². The van der Waals surface area contributed by atoms with Gasteiger partial charge < -0.3 is 29.9 Å². The van der Waals surface area contributed by atoms with Crippen molar-refractivity contribution in [2.75, 3.05) is 57.8 Å². The number of amides is 5. The van der Waals surface area contributed by atoms with Crippen LogP contribution < -0.4 is 14.9 Å². The first kappa shape index (κ1) is 51.3. The Morgan fingerprint density at radius 3 is 1.93 bits per heavy atom. The van der Waals surface area contributed by atoms with Gasteiger partial charge in [-0.15, -0.1) is 0 Å². The molecule has 2 N–H and O–H groups in total. The number of methoxy groups -OCH3 is 2. The summed E-state index contributed by atoms with van der Waals surface area (Å²) >= 11 is 0. The maximum Gasteiger partial charge on any atom is 0.471 e. The minimum absolute atomic E-state index is 0.0133. The number of halogens is 3. The molecule has 19 heteroatoms. The Bertz CT molecular complexity index is 1700. The van der Waals surface area contributed by atoms with Crippen LogP contribution in [-0.4, -0.2) is 143 Å². The molecule has 5 amide bonds. The SMILES string of the molecule is CC[C@H](C)[C@@H]([C@@H](CC(=O)N1CCC[C@H]1[C@H](OC)[C@@H](C)C(=O)N(c1ccc(NC(=O)C(F)(F)F)cc1)S(C)(=O)=O)OC)N(C)C(=O)[C@@H](NC(=O)[C@H](C(C)C)N(C)C)C(C)C. The smallest absolute Gasteiger partial charge is 0.379 e. The lowest BCUT2D eigenvalue weighted by molar-refractivity contribution is -0.167. The van der Waals surface area contributed by atoms with Gasteiger partial charge >= 0.3 is 12.1 Å². The summed E-state index contributed by atoms with van der Waals surface area (Å²) in [4.78, 5) is 72.3. The van der Waals surface area contributed by atoms with E-state index in [0.717, 1.165) is 30.5 Å². The number of anilines is 2. The van der Waals surface area contributed by atoms with Crippen LogP contribution in [-0.2, 0) is 43.5 Å². The number of likely N-dealkylation sites (N-methyl/N-ethyl adjacent to an activating group) is 2. The number of alkyl halides is 3. The summed E-state index contributed by atoms with van der Waals surface area (Å²) < 4.78 is 76.6. The summed E-state index contributed by atoms with van der Waals surface area (Å²) in [6, 6.07) is 1.72. The van der Waals surface area contributed by atoms with Gasteiger partial charge in [-0.3, -0.25) is 28.9 Å². The third-order valence-corrected chi connectivity index (χ3v) is 12.1. The van der Waals surface area contributed by atoms with Crippen LogP contribution in [0.3, 0.4) is 0 Å². The molecule has 8 atom stereocenters. The van der Waals surface area contributed by atoms with Crippen molar-refractivity contribution in [3.8, 4) is 0 Å². The molecule has 1 aromatic carbocycles. The van der Waals surface area contributed by atoms with Crippen molar-refractivity contribution in [1.82, 2.24) is 20.0 Å². The molecule has 2 rings (SSSR count). The number of carbonyl (C=O) groups excluding carboxylic acids is 5. The maximum absolute atomic E-state index is 14.3. The van der Waals surface area contributed by atoms with Gasteiger partial charge in [0.15, 0.2) is 0 Å². The van der Waals surface area contributed by atoms with Gasteiger partial charge in [0.25, 0.3) is 0 Å². The van der Waals surface area contributed by atoms with Crippen LogP contribution in [0.25, 0.3) is 0 Å². The Balaban J connectivity index is 2.38. The van der Waals surface area contributed by atoms with Gasteiger partial charge in [-0.05, 0) is 69.0 Å². The predicted octanol–water partition coefficient (Wildman–Crippen LogP) is 4.13. The number of ether oxygens (including phenoxy) is 2.